The number of rotatable bonds is 4. The summed E-state index contributed by atoms with van der Waals surface area (Å²) in [6, 6.07) is 6.71. The van der Waals surface area contributed by atoms with Crippen molar-refractivity contribution in [2.45, 2.75) is 32.1 Å². The van der Waals surface area contributed by atoms with Gasteiger partial charge in [-0.3, -0.25) is 9.59 Å². The van der Waals surface area contributed by atoms with Gasteiger partial charge in [-0.2, -0.15) is 0 Å². The standard InChI is InChI=1S/C16H20N2O2/c17-16(20)11-3-5-14(6-4-11)18-15(19)9-13-8-10-1-2-12(13)7-10/h3-6,10,12-13H,1-2,7-9H2,(H2,17,20)(H,18,19). The number of primary amides is 1. The molecule has 3 N–H and O–H groups in total. The minimum Gasteiger partial charge on any atom is -0.366 e. The first kappa shape index (κ1) is 13.2. The van der Waals surface area contributed by atoms with Crippen LogP contribution in [0.25, 0.3) is 0 Å². The molecule has 4 nitrogen and oxygen atoms in total. The van der Waals surface area contributed by atoms with Gasteiger partial charge in [0.25, 0.3) is 0 Å². The van der Waals surface area contributed by atoms with Gasteiger partial charge in [0.05, 0.1) is 0 Å². The molecule has 0 heterocycles. The molecule has 1 aromatic carbocycles. The Morgan fingerprint density at radius 3 is 2.45 bits per heavy atom. The maximum absolute atomic E-state index is 12.1. The molecule has 3 rings (SSSR count). The van der Waals surface area contributed by atoms with Crippen LogP contribution in [-0.2, 0) is 4.79 Å². The van der Waals surface area contributed by atoms with Crippen molar-refractivity contribution < 1.29 is 9.59 Å². The van der Waals surface area contributed by atoms with Gasteiger partial charge in [0.2, 0.25) is 11.8 Å². The van der Waals surface area contributed by atoms with E-state index in [1.54, 1.807) is 24.3 Å². The van der Waals surface area contributed by atoms with Crippen molar-refractivity contribution in [2.75, 3.05) is 5.32 Å². The second-order valence-electron chi connectivity index (χ2n) is 6.13. The van der Waals surface area contributed by atoms with Gasteiger partial charge < -0.3 is 11.1 Å². The van der Waals surface area contributed by atoms with Crippen LogP contribution in [0.2, 0.25) is 0 Å². The Labute approximate surface area is 118 Å². The number of benzene rings is 1. The first-order valence-corrected chi connectivity index (χ1v) is 7.31. The third kappa shape index (κ3) is 2.69. The molecular formula is C16H20N2O2. The molecule has 2 saturated carbocycles. The van der Waals surface area contributed by atoms with Crippen LogP contribution in [0.3, 0.4) is 0 Å². The fraction of sp³-hybridized carbons (Fsp3) is 0.500. The van der Waals surface area contributed by atoms with Gasteiger partial charge in [0.15, 0.2) is 0 Å². The van der Waals surface area contributed by atoms with Crippen molar-refractivity contribution in [3.63, 3.8) is 0 Å². The number of fused-ring (bicyclic) bond motifs is 2. The fourth-order valence-corrected chi connectivity index (χ4v) is 3.79. The summed E-state index contributed by atoms with van der Waals surface area (Å²) in [4.78, 5) is 23.0. The Kier molecular flexibility index (Phi) is 3.47. The quantitative estimate of drug-likeness (QED) is 0.884. The average Bonchev–Trinajstić information content (AvgIpc) is 3.01. The van der Waals surface area contributed by atoms with Gasteiger partial charge in [0.1, 0.15) is 0 Å². The summed E-state index contributed by atoms with van der Waals surface area (Å²) in [6.45, 7) is 0. The van der Waals surface area contributed by atoms with Crippen LogP contribution in [0.4, 0.5) is 5.69 Å². The predicted octanol–water partition coefficient (Wildman–Crippen LogP) is 2.55. The normalized spacial score (nSPS) is 27.5. The van der Waals surface area contributed by atoms with Crippen LogP contribution in [-0.4, -0.2) is 11.8 Å². The summed E-state index contributed by atoms with van der Waals surface area (Å²) in [7, 11) is 0. The van der Waals surface area contributed by atoms with E-state index in [2.05, 4.69) is 5.32 Å². The summed E-state index contributed by atoms with van der Waals surface area (Å²) in [5.41, 5.74) is 6.36. The molecule has 20 heavy (non-hydrogen) atoms. The van der Waals surface area contributed by atoms with Gasteiger partial charge in [-0.15, -0.1) is 0 Å². The third-order valence-electron chi connectivity index (χ3n) is 4.79. The Bertz CT molecular complexity index is 524. The largest absolute Gasteiger partial charge is 0.366 e. The number of amides is 2. The van der Waals surface area contributed by atoms with Gasteiger partial charge in [0, 0.05) is 17.7 Å². The smallest absolute Gasteiger partial charge is 0.248 e. The van der Waals surface area contributed by atoms with E-state index >= 15 is 0 Å². The van der Waals surface area contributed by atoms with Crippen LogP contribution < -0.4 is 11.1 Å². The number of hydrogen-bond acceptors (Lipinski definition) is 2. The maximum atomic E-state index is 12.1. The van der Waals surface area contributed by atoms with Crippen molar-refractivity contribution in [1.29, 1.82) is 0 Å². The number of nitrogens with one attached hydrogen (secondary N) is 1. The molecule has 4 heteroatoms. The molecule has 0 radical (unpaired) electrons. The Morgan fingerprint density at radius 2 is 1.90 bits per heavy atom. The lowest BCUT2D eigenvalue weighted by atomic mass is 9.86. The molecule has 106 valence electrons. The van der Waals surface area contributed by atoms with Crippen LogP contribution >= 0.6 is 0 Å². The van der Waals surface area contributed by atoms with E-state index in [0.29, 0.717) is 17.9 Å². The molecule has 3 unspecified atom stereocenters. The van der Waals surface area contributed by atoms with Crippen LogP contribution in [0.5, 0.6) is 0 Å². The molecule has 2 aliphatic rings. The minimum atomic E-state index is -0.454. The van der Waals surface area contributed by atoms with Crippen molar-refractivity contribution in [1.82, 2.24) is 0 Å². The van der Waals surface area contributed by atoms with Crippen LogP contribution in [0.1, 0.15) is 42.5 Å². The lowest BCUT2D eigenvalue weighted by Crippen LogP contribution is -2.20. The maximum Gasteiger partial charge on any atom is 0.248 e. The number of anilines is 1. The molecule has 2 aliphatic carbocycles. The van der Waals surface area contributed by atoms with Gasteiger partial charge in [-0.05, 0) is 61.3 Å². The van der Waals surface area contributed by atoms with Gasteiger partial charge in [-0.25, -0.2) is 0 Å². The highest BCUT2D eigenvalue weighted by molar-refractivity contribution is 5.94. The summed E-state index contributed by atoms with van der Waals surface area (Å²) in [5, 5.41) is 2.90. The van der Waals surface area contributed by atoms with Crippen molar-refractivity contribution in [3.8, 4) is 0 Å². The minimum absolute atomic E-state index is 0.0781. The Hall–Kier alpha value is -1.84. The molecule has 2 amide bonds. The molecule has 0 saturated heterocycles. The van der Waals surface area contributed by atoms with E-state index in [4.69, 9.17) is 5.73 Å². The highest BCUT2D eigenvalue weighted by atomic mass is 16.2. The van der Waals surface area contributed by atoms with Crippen molar-refractivity contribution >= 4 is 17.5 Å². The van der Waals surface area contributed by atoms with Crippen molar-refractivity contribution in [3.05, 3.63) is 29.8 Å². The zero-order valence-corrected chi connectivity index (χ0v) is 11.5. The van der Waals surface area contributed by atoms with Crippen LogP contribution in [0.15, 0.2) is 24.3 Å². The van der Waals surface area contributed by atoms with E-state index in [1.807, 2.05) is 0 Å². The van der Waals surface area contributed by atoms with Crippen LogP contribution in [0, 0.1) is 17.8 Å². The third-order valence-corrected chi connectivity index (χ3v) is 4.79. The molecule has 0 spiro atoms. The zero-order chi connectivity index (χ0) is 14.1. The average molecular weight is 272 g/mol. The van der Waals surface area contributed by atoms with Crippen molar-refractivity contribution in [2.24, 2.45) is 23.5 Å². The highest BCUT2D eigenvalue weighted by Crippen LogP contribution is 2.49. The summed E-state index contributed by atoms with van der Waals surface area (Å²) in [6.07, 6.45) is 5.83. The first-order valence-electron chi connectivity index (χ1n) is 7.31. The summed E-state index contributed by atoms with van der Waals surface area (Å²) >= 11 is 0. The number of hydrogen-bond donors (Lipinski definition) is 2. The van der Waals surface area contributed by atoms with Gasteiger partial charge >= 0.3 is 0 Å². The van der Waals surface area contributed by atoms with Gasteiger partial charge in [-0.1, -0.05) is 6.42 Å². The van der Waals surface area contributed by atoms with E-state index < -0.39 is 5.91 Å². The SMILES string of the molecule is NC(=O)c1ccc(NC(=O)CC2CC3CCC2C3)cc1. The molecule has 2 fully saturated rings. The second-order valence-corrected chi connectivity index (χ2v) is 6.13. The molecule has 1 aromatic rings. The lowest BCUT2D eigenvalue weighted by molar-refractivity contribution is -0.117. The topological polar surface area (TPSA) is 72.2 Å². The number of carbonyl (C=O) groups is 2. The molecule has 0 aliphatic heterocycles. The first-order chi connectivity index (χ1) is 9.61. The Balaban J connectivity index is 1.55. The molecular weight excluding hydrogens is 252 g/mol. The zero-order valence-electron chi connectivity index (χ0n) is 11.5. The summed E-state index contributed by atoms with van der Waals surface area (Å²) < 4.78 is 0. The predicted molar refractivity (Wildman–Crippen MR) is 77.1 cm³/mol. The number of nitrogens with two attached hydrogens (primary N) is 1. The molecule has 0 aromatic heterocycles. The number of carbonyl (C=O) groups excluding carboxylic acids is 2. The summed E-state index contributed by atoms with van der Waals surface area (Å²) in [5.74, 6) is 1.83. The monoisotopic (exact) mass is 272 g/mol. The highest BCUT2D eigenvalue weighted by Gasteiger charge is 2.40. The van der Waals surface area contributed by atoms with E-state index in [1.165, 1.54) is 25.7 Å². The lowest BCUT2D eigenvalue weighted by Gasteiger charge is -2.20. The van der Waals surface area contributed by atoms with E-state index in [-0.39, 0.29) is 5.91 Å². The Morgan fingerprint density at radius 1 is 1.15 bits per heavy atom. The molecule has 2 bridgehead atoms. The fourth-order valence-electron chi connectivity index (χ4n) is 3.79. The second kappa shape index (κ2) is 5.27. The molecule has 3 atom stereocenters. The van der Waals surface area contributed by atoms with E-state index in [9.17, 15) is 9.59 Å². The van der Waals surface area contributed by atoms with E-state index in [0.717, 1.165) is 17.5 Å².